The molecule has 6 saturated carbocycles. The maximum atomic E-state index is 2.96. The number of hydrogen-bond donors (Lipinski definition) is 0. The van der Waals surface area contributed by atoms with E-state index in [1.165, 1.54) is 133 Å². The number of benzene rings is 3. The number of nitrogens with zero attached hydrogens (tertiary/aromatic N) is 3. The number of anilines is 3. The van der Waals surface area contributed by atoms with E-state index in [1.807, 2.05) is 0 Å². The van der Waals surface area contributed by atoms with Crippen molar-refractivity contribution in [2.75, 3.05) is 57.0 Å². The molecule has 6 aliphatic carbocycles. The van der Waals surface area contributed by atoms with Crippen LogP contribution in [0.5, 0.6) is 0 Å². The van der Waals surface area contributed by atoms with Crippen molar-refractivity contribution >= 4 is 49.8 Å². The van der Waals surface area contributed by atoms with Gasteiger partial charge in [0, 0.05) is 0 Å². The van der Waals surface area contributed by atoms with Crippen LogP contribution in [-0.4, -0.2) is 76.2 Å². The summed E-state index contributed by atoms with van der Waals surface area (Å²) in [7, 11) is 13.8. The molecule has 3 aromatic carbocycles. The van der Waals surface area contributed by atoms with Crippen molar-refractivity contribution in [3.8, 4) is 0 Å². The topological polar surface area (TPSA) is 9.72 Å². The first kappa shape index (κ1) is 50.9. The molecular formula is C60H99N3P3Ru. The minimum absolute atomic E-state index is 0.966. The molecule has 0 aromatic heterocycles. The van der Waals surface area contributed by atoms with Crippen molar-refractivity contribution in [1.29, 1.82) is 0 Å². The van der Waals surface area contributed by atoms with E-state index >= 15 is 0 Å². The zero-order chi connectivity index (χ0) is 46.4. The second kappa shape index (κ2) is 23.2. The minimum atomic E-state index is -2.37. The standard InChI is InChI=1S/3C20H32NP.Ru/c3*1-21(2)17-13-15-20(16-14-17)22(18-9-5-3-6-10-18)19-11-7-4-8-12-19;/h3*13-16,18-19H,3-12H2,1-2H3;/q;;;-3/p+3. The van der Waals surface area contributed by atoms with Gasteiger partial charge in [0.25, 0.3) is 0 Å². The average molecular weight is 1060 g/mol. The normalized spacial score (nSPS) is 23.1. The van der Waals surface area contributed by atoms with Crippen LogP contribution in [0, 0.1) is 0 Å². The van der Waals surface area contributed by atoms with Crippen molar-refractivity contribution < 1.29 is 14.5 Å². The Balaban J connectivity index is 1.53. The van der Waals surface area contributed by atoms with Gasteiger partial charge in [-0.1, -0.05) is 0 Å². The van der Waals surface area contributed by atoms with Crippen LogP contribution in [0.15, 0.2) is 72.8 Å². The van der Waals surface area contributed by atoms with E-state index in [9.17, 15) is 0 Å². The molecule has 0 heterocycles. The maximum absolute atomic E-state index is 2.96. The molecule has 3 nitrogen and oxygen atoms in total. The van der Waals surface area contributed by atoms with Crippen molar-refractivity contribution in [3.05, 3.63) is 72.8 Å². The molecule has 9 rings (SSSR count). The van der Waals surface area contributed by atoms with Crippen molar-refractivity contribution in [3.63, 3.8) is 0 Å². The van der Waals surface area contributed by atoms with E-state index in [1.54, 1.807) is 77.0 Å². The summed E-state index contributed by atoms with van der Waals surface area (Å²) in [6.45, 7) is 0. The first-order chi connectivity index (χ1) is 32.7. The average Bonchev–Trinajstić information content (AvgIpc) is 3.39. The molecule has 0 spiro atoms. The van der Waals surface area contributed by atoms with Crippen LogP contribution >= 0.6 is 16.8 Å². The van der Waals surface area contributed by atoms with Crippen LogP contribution in [0.1, 0.15) is 193 Å². The first-order valence-electron chi connectivity index (χ1n) is 28.7. The van der Waals surface area contributed by atoms with Gasteiger partial charge >= 0.3 is 421 Å². The van der Waals surface area contributed by atoms with E-state index < -0.39 is 31.3 Å². The summed E-state index contributed by atoms with van der Waals surface area (Å²) in [5, 5.41) is 6.16. The molecule has 0 saturated heterocycles. The third-order valence-corrected chi connectivity index (χ3v) is 96.7. The van der Waals surface area contributed by atoms with Gasteiger partial charge in [0.15, 0.2) is 0 Å². The molecule has 67 heavy (non-hydrogen) atoms. The Hall–Kier alpha value is -1.03. The molecule has 6 fully saturated rings. The van der Waals surface area contributed by atoms with Gasteiger partial charge in [-0.05, 0) is 0 Å². The summed E-state index contributed by atoms with van der Waals surface area (Å²) in [6, 6.07) is 33.9. The fraction of sp³-hybridized carbons (Fsp3) is 0.700. The predicted molar refractivity (Wildman–Crippen MR) is 307 cm³/mol. The van der Waals surface area contributed by atoms with E-state index in [2.05, 4.69) is 146 Å². The molecule has 377 valence electrons. The molecule has 3 aromatic rings. The summed E-state index contributed by atoms with van der Waals surface area (Å²) in [5.41, 5.74) is 2.98. The number of rotatable bonds is 15. The van der Waals surface area contributed by atoms with E-state index in [4.69, 9.17) is 0 Å². The molecular weight excluding hydrogens is 957 g/mol. The van der Waals surface area contributed by atoms with Crippen LogP contribution in [0.2, 0.25) is 0 Å². The van der Waals surface area contributed by atoms with Crippen molar-refractivity contribution in [1.82, 2.24) is 0 Å². The zero-order valence-corrected chi connectivity index (χ0v) is 48.5. The van der Waals surface area contributed by atoms with E-state index in [-0.39, 0.29) is 0 Å². The van der Waals surface area contributed by atoms with E-state index in [0.29, 0.717) is 0 Å². The summed E-state index contributed by atoms with van der Waals surface area (Å²) in [6.07, 6.45) is 45.6. The van der Waals surface area contributed by atoms with Crippen LogP contribution in [0.4, 0.5) is 17.1 Å². The third-order valence-electron chi connectivity index (χ3n) is 19.5. The molecule has 7 heteroatoms. The molecule has 6 aliphatic rings. The molecule has 0 radical (unpaired) electrons. The van der Waals surface area contributed by atoms with Gasteiger partial charge < -0.3 is 0 Å². The Morgan fingerprint density at radius 2 is 0.433 bits per heavy atom. The molecule has 0 atom stereocenters. The fourth-order valence-electron chi connectivity index (χ4n) is 16.4. The van der Waals surface area contributed by atoms with Crippen LogP contribution in [0.25, 0.3) is 0 Å². The second-order valence-corrected chi connectivity index (χ2v) is 61.8. The monoisotopic (exact) mass is 1060 g/mol. The molecule has 0 unspecified atom stereocenters. The Labute approximate surface area is 418 Å². The second-order valence-electron chi connectivity index (χ2n) is 23.8. The summed E-state index contributed by atoms with van der Waals surface area (Å²) >= 11 is -1.94. The molecule has 0 aliphatic heterocycles. The Morgan fingerprint density at radius 3 is 0.582 bits per heavy atom. The summed E-state index contributed by atoms with van der Waals surface area (Å²) in [4.78, 5) is 7.27. The van der Waals surface area contributed by atoms with Gasteiger partial charge in [-0.2, -0.15) is 0 Å². The number of hydrogen-bond acceptors (Lipinski definition) is 3. The molecule has 0 N–H and O–H groups in total. The summed E-state index contributed by atoms with van der Waals surface area (Å²) < 4.78 is 0. The predicted octanol–water partition coefficient (Wildman–Crippen LogP) is 15.8. The van der Waals surface area contributed by atoms with Crippen LogP contribution in [0.3, 0.4) is 0 Å². The SMILES string of the molecule is CN(C)c1ccc([PH](C2CCCCC2)(C2CCCCC2)[Ru]([PH](c2ccc(N(C)C)cc2)(C2CCCCC2)C2CCCCC2)[PH](c2ccc(N(C)C)cc2)(C2CCCCC2)C2CCCCC2)cc1. The van der Waals surface area contributed by atoms with Gasteiger partial charge in [-0.3, -0.25) is 0 Å². The Bertz CT molecular complexity index is 1670. The van der Waals surface area contributed by atoms with Gasteiger partial charge in [0.2, 0.25) is 0 Å². The van der Waals surface area contributed by atoms with Crippen molar-refractivity contribution in [2.24, 2.45) is 0 Å². The van der Waals surface area contributed by atoms with Gasteiger partial charge in [-0.25, -0.2) is 0 Å². The molecule has 0 amide bonds. The zero-order valence-electron chi connectivity index (χ0n) is 43.8. The first-order valence-corrected chi connectivity index (χ1v) is 42.6. The Kier molecular flexibility index (Phi) is 17.7. The van der Waals surface area contributed by atoms with Gasteiger partial charge in [0.1, 0.15) is 0 Å². The van der Waals surface area contributed by atoms with Gasteiger partial charge in [0.05, 0.1) is 0 Å². The Morgan fingerprint density at radius 1 is 0.269 bits per heavy atom. The molecule has 0 bridgehead atoms. The summed E-state index contributed by atoms with van der Waals surface area (Å²) in [5.74, 6) is 0. The van der Waals surface area contributed by atoms with Crippen molar-refractivity contribution in [2.45, 2.75) is 227 Å². The van der Waals surface area contributed by atoms with Crippen LogP contribution < -0.4 is 30.6 Å². The van der Waals surface area contributed by atoms with E-state index in [0.717, 1.165) is 34.0 Å². The fourth-order valence-corrected chi connectivity index (χ4v) is 141. The van der Waals surface area contributed by atoms with Crippen LogP contribution in [-0.2, 0) is 14.5 Å². The van der Waals surface area contributed by atoms with Gasteiger partial charge in [-0.15, -0.1) is 0 Å². The third kappa shape index (κ3) is 9.94. The quantitative estimate of drug-likeness (QED) is 0.111.